The molecular weight excluding hydrogens is 705 g/mol. The molecule has 5 amide bonds. The van der Waals surface area contributed by atoms with Crippen molar-refractivity contribution in [2.24, 2.45) is 5.92 Å². The van der Waals surface area contributed by atoms with Crippen molar-refractivity contribution in [3.05, 3.63) is 44.6 Å². The lowest BCUT2D eigenvalue weighted by Gasteiger charge is -2.51. The van der Waals surface area contributed by atoms with Gasteiger partial charge in [0, 0.05) is 83.3 Å². The average Bonchev–Trinajstić information content (AvgIpc) is 3.51. The van der Waals surface area contributed by atoms with E-state index in [0.29, 0.717) is 70.6 Å². The minimum atomic E-state index is -4.67. The molecule has 7 heterocycles. The molecule has 3 N–H and O–H groups in total. The molecule has 6 aliphatic heterocycles. The molecule has 2 atom stereocenters. The smallest absolute Gasteiger partial charge is 0.386 e. The summed E-state index contributed by atoms with van der Waals surface area (Å²) in [6, 6.07) is 1.18. The quantitative estimate of drug-likeness (QED) is 0.373. The Bertz CT molecular complexity index is 1600. The van der Waals surface area contributed by atoms with Gasteiger partial charge in [0.1, 0.15) is 6.04 Å². The summed E-state index contributed by atoms with van der Waals surface area (Å²) in [5, 5.41) is 12.3. The van der Waals surface area contributed by atoms with Gasteiger partial charge in [-0.1, -0.05) is 11.6 Å². The van der Waals surface area contributed by atoms with Crippen molar-refractivity contribution in [1.29, 1.82) is 0 Å². The Morgan fingerprint density at radius 1 is 0.980 bits per heavy atom. The fourth-order valence-corrected chi connectivity index (χ4v) is 9.82. The largest absolute Gasteiger partial charge is 0.418 e. The number of hydrogen-bond acceptors (Lipinski definition) is 7. The van der Waals surface area contributed by atoms with Crippen LogP contribution in [-0.4, -0.2) is 133 Å². The fraction of sp³-hybridized carbons (Fsp3) is 0.629. The van der Waals surface area contributed by atoms with Gasteiger partial charge in [0.05, 0.1) is 22.0 Å². The van der Waals surface area contributed by atoms with Crippen molar-refractivity contribution in [1.82, 2.24) is 29.8 Å². The van der Waals surface area contributed by atoms with Gasteiger partial charge in [0.15, 0.2) is 0 Å². The third-order valence-corrected chi connectivity index (χ3v) is 12.6. The summed E-state index contributed by atoms with van der Waals surface area (Å²) in [6.07, 6.45) is -0.521. The van der Waals surface area contributed by atoms with Gasteiger partial charge in [-0.3, -0.25) is 9.69 Å². The third-order valence-electron chi connectivity index (χ3n) is 11.5. The SMILES string of the molecule is CNc1c(Cl)cc(C[C@@H](NC(=O)N2CCC(N3CCc4cscc4NC3=O)CC2)C(=O)N2CCN(C3CN4CCC3CC4)CC2)cc1C(F)(F)F. The number of benzene rings is 1. The molecule has 0 spiro atoms. The third kappa shape index (κ3) is 7.77. The minimum Gasteiger partial charge on any atom is -0.386 e. The zero-order valence-corrected chi connectivity index (χ0v) is 30.4. The Morgan fingerprint density at radius 2 is 1.71 bits per heavy atom. The van der Waals surface area contributed by atoms with E-state index in [9.17, 15) is 27.6 Å². The number of hydrogen-bond donors (Lipinski definition) is 3. The second-order valence-electron chi connectivity index (χ2n) is 14.4. The molecule has 1 unspecified atom stereocenters. The van der Waals surface area contributed by atoms with Crippen LogP contribution in [0.4, 0.5) is 34.1 Å². The van der Waals surface area contributed by atoms with Crippen molar-refractivity contribution < 1.29 is 27.6 Å². The van der Waals surface area contributed by atoms with Crippen LogP contribution in [0.2, 0.25) is 5.02 Å². The average molecular weight is 751 g/mol. The predicted molar refractivity (Wildman–Crippen MR) is 191 cm³/mol. The first kappa shape index (κ1) is 36.1. The van der Waals surface area contributed by atoms with Crippen LogP contribution < -0.4 is 16.0 Å². The lowest BCUT2D eigenvalue weighted by molar-refractivity contribution is -0.137. The molecule has 1 aromatic carbocycles. The number of halogens is 4. The van der Waals surface area contributed by atoms with E-state index in [1.165, 1.54) is 26.0 Å². The fourth-order valence-electron chi connectivity index (χ4n) is 8.66. The van der Waals surface area contributed by atoms with Crippen molar-refractivity contribution in [3.63, 3.8) is 0 Å². The summed E-state index contributed by atoms with van der Waals surface area (Å²) in [5.74, 6) is 0.353. The van der Waals surface area contributed by atoms with Gasteiger partial charge in [0.25, 0.3) is 0 Å². The van der Waals surface area contributed by atoms with E-state index < -0.39 is 23.8 Å². The molecule has 2 aromatic rings. The van der Waals surface area contributed by atoms with Crippen molar-refractivity contribution in [2.45, 2.75) is 62.8 Å². The Kier molecular flexibility index (Phi) is 10.6. The van der Waals surface area contributed by atoms with Crippen LogP contribution in [0, 0.1) is 5.92 Å². The number of urea groups is 2. The Labute approximate surface area is 305 Å². The molecule has 6 aliphatic rings. The van der Waals surface area contributed by atoms with E-state index in [4.69, 9.17) is 11.6 Å². The summed E-state index contributed by atoms with van der Waals surface area (Å²) in [6.45, 7) is 7.09. The maximum atomic E-state index is 14.2. The maximum Gasteiger partial charge on any atom is 0.418 e. The number of carbonyl (C=O) groups excluding carboxylic acids is 3. The van der Waals surface area contributed by atoms with Gasteiger partial charge in [-0.25, -0.2) is 9.59 Å². The summed E-state index contributed by atoms with van der Waals surface area (Å²) >= 11 is 7.88. The van der Waals surface area contributed by atoms with Gasteiger partial charge < -0.3 is 35.6 Å². The number of fused-ring (bicyclic) bond motifs is 4. The van der Waals surface area contributed by atoms with Gasteiger partial charge in [-0.05, 0) is 79.8 Å². The van der Waals surface area contributed by atoms with Crippen LogP contribution in [0.1, 0.15) is 42.4 Å². The standard InChI is InChI=1S/C35H46ClF3N8O3S/c1-40-31-26(35(37,38)39)16-22(17-27(31)36)18-28(32(48)45-14-12-44(13-15-45)30-19-43-7-2-23(30)3-8-43)41-33(49)46-9-5-25(6-10-46)47-11-4-24-20-51-21-29(24)42-34(47)50/h16-17,20-21,23,25,28,30,40H,2-15,18-19H2,1H3,(H,41,49)(H,42,50)/t28-,30?/m1/s1. The normalized spacial score (nSPS) is 25.2. The lowest BCUT2D eigenvalue weighted by atomic mass is 9.83. The van der Waals surface area contributed by atoms with Crippen LogP contribution in [0.25, 0.3) is 0 Å². The van der Waals surface area contributed by atoms with Crippen LogP contribution in [-0.2, 0) is 23.8 Å². The van der Waals surface area contributed by atoms with Gasteiger partial charge in [-0.15, -0.1) is 11.3 Å². The zero-order chi connectivity index (χ0) is 35.9. The highest BCUT2D eigenvalue weighted by Gasteiger charge is 2.41. The first-order valence-electron chi connectivity index (χ1n) is 18.0. The maximum absolute atomic E-state index is 14.2. The number of carbonyl (C=O) groups is 3. The summed E-state index contributed by atoms with van der Waals surface area (Å²) in [7, 11) is 1.37. The number of likely N-dealkylation sites (tertiary alicyclic amines) is 1. The van der Waals surface area contributed by atoms with Crippen molar-refractivity contribution in [3.8, 4) is 0 Å². The number of alkyl halides is 3. The first-order valence-corrected chi connectivity index (χ1v) is 19.3. The van der Waals surface area contributed by atoms with Crippen LogP contribution in [0.15, 0.2) is 22.9 Å². The van der Waals surface area contributed by atoms with Gasteiger partial charge in [-0.2, -0.15) is 13.2 Å². The number of piperidine rings is 4. The number of amides is 5. The topological polar surface area (TPSA) is 103 Å². The predicted octanol–water partition coefficient (Wildman–Crippen LogP) is 4.88. The molecule has 0 radical (unpaired) electrons. The highest BCUT2D eigenvalue weighted by Crippen LogP contribution is 2.40. The van der Waals surface area contributed by atoms with E-state index >= 15 is 0 Å². The molecule has 5 saturated heterocycles. The van der Waals surface area contributed by atoms with Gasteiger partial charge >= 0.3 is 18.2 Å². The monoisotopic (exact) mass is 750 g/mol. The number of rotatable bonds is 7. The van der Waals surface area contributed by atoms with Crippen LogP contribution in [0.3, 0.4) is 0 Å². The van der Waals surface area contributed by atoms with Crippen LogP contribution >= 0.6 is 22.9 Å². The highest BCUT2D eigenvalue weighted by atomic mass is 35.5. The molecule has 1 aromatic heterocycles. The molecule has 51 heavy (non-hydrogen) atoms. The molecule has 11 nitrogen and oxygen atoms in total. The Hall–Kier alpha value is -3.27. The molecular formula is C35H46ClF3N8O3S. The number of thiophene rings is 1. The highest BCUT2D eigenvalue weighted by molar-refractivity contribution is 7.08. The Balaban J connectivity index is 1.03. The van der Waals surface area contributed by atoms with E-state index in [1.54, 1.807) is 21.1 Å². The molecule has 16 heteroatoms. The van der Waals surface area contributed by atoms with E-state index in [1.807, 2.05) is 10.3 Å². The van der Waals surface area contributed by atoms with E-state index in [-0.39, 0.29) is 40.7 Å². The summed E-state index contributed by atoms with van der Waals surface area (Å²) < 4.78 is 42.2. The number of anilines is 2. The van der Waals surface area contributed by atoms with Crippen molar-refractivity contribution >= 4 is 52.3 Å². The molecule has 0 saturated carbocycles. The molecule has 0 aliphatic carbocycles. The molecule has 8 rings (SSSR count). The van der Waals surface area contributed by atoms with Crippen molar-refractivity contribution in [2.75, 3.05) is 83.1 Å². The minimum absolute atomic E-state index is 0.0414. The Morgan fingerprint density at radius 3 is 2.35 bits per heavy atom. The number of piperazine rings is 1. The first-order chi connectivity index (χ1) is 24.5. The number of nitrogens with one attached hydrogen (secondary N) is 3. The van der Waals surface area contributed by atoms with E-state index in [2.05, 4.69) is 31.1 Å². The molecule has 2 bridgehead atoms. The molecule has 5 fully saturated rings. The zero-order valence-electron chi connectivity index (χ0n) is 28.8. The van der Waals surface area contributed by atoms with Crippen LogP contribution in [0.5, 0.6) is 0 Å². The number of nitrogens with zero attached hydrogens (tertiary/aromatic N) is 5. The second kappa shape index (κ2) is 15.0. The van der Waals surface area contributed by atoms with Gasteiger partial charge in [0.2, 0.25) is 5.91 Å². The van der Waals surface area contributed by atoms with E-state index in [0.717, 1.165) is 43.4 Å². The summed E-state index contributed by atoms with van der Waals surface area (Å²) in [4.78, 5) is 51.1. The second-order valence-corrected chi connectivity index (χ2v) is 15.6. The lowest BCUT2D eigenvalue weighted by Crippen LogP contribution is -2.63. The molecule has 278 valence electrons. The summed E-state index contributed by atoms with van der Waals surface area (Å²) in [5.41, 5.74) is 1.01.